The smallest absolute Gasteiger partial charge is 0.312 e. The van der Waals surface area contributed by atoms with E-state index in [1.165, 1.54) is 18.8 Å². The predicted octanol–water partition coefficient (Wildman–Crippen LogP) is 5.74. The Labute approximate surface area is 266 Å². The van der Waals surface area contributed by atoms with E-state index in [4.69, 9.17) is 4.74 Å². The number of ether oxygens (including phenoxy) is 1. The van der Waals surface area contributed by atoms with Gasteiger partial charge in [0.15, 0.2) is 0 Å². The molecule has 1 amide bonds. The van der Waals surface area contributed by atoms with Gasteiger partial charge < -0.3 is 19.8 Å². The van der Waals surface area contributed by atoms with Gasteiger partial charge >= 0.3 is 5.97 Å². The number of para-hydroxylation sites is 1. The Bertz CT molecular complexity index is 1820. The summed E-state index contributed by atoms with van der Waals surface area (Å²) in [6.45, 7) is 10.2. The van der Waals surface area contributed by atoms with Crippen LogP contribution in [0, 0.1) is 26.2 Å². The first-order valence-electron chi connectivity index (χ1n) is 15.1. The maximum Gasteiger partial charge on any atom is 0.312 e. The number of amides is 1. The summed E-state index contributed by atoms with van der Waals surface area (Å²) in [5, 5.41) is 27.4. The summed E-state index contributed by atoms with van der Waals surface area (Å²) in [5.74, 6) is -0.885. The minimum absolute atomic E-state index is 0.00701. The van der Waals surface area contributed by atoms with Crippen molar-refractivity contribution in [3.63, 3.8) is 0 Å². The highest BCUT2D eigenvalue weighted by Gasteiger charge is 2.42. The van der Waals surface area contributed by atoms with E-state index in [1.807, 2.05) is 52.0 Å². The van der Waals surface area contributed by atoms with Crippen molar-refractivity contribution in [3.8, 4) is 5.75 Å². The molecule has 1 unspecified atom stereocenters. The molecule has 0 aromatic heterocycles. The number of phenols is 1. The van der Waals surface area contributed by atoms with E-state index >= 15 is 0 Å². The molecular weight excluding hydrogens is 590 g/mol. The lowest BCUT2D eigenvalue weighted by atomic mass is 9.70. The number of aromatic hydroxyl groups is 1. The fourth-order valence-corrected chi connectivity index (χ4v) is 7.83. The second kappa shape index (κ2) is 11.2. The summed E-state index contributed by atoms with van der Waals surface area (Å²) in [7, 11) is 1.51. The fraction of sp³-hybridized carbons (Fsp3) is 0.371. The number of thioether (sulfide) groups is 1. The van der Waals surface area contributed by atoms with Crippen LogP contribution in [0.5, 0.6) is 5.75 Å². The van der Waals surface area contributed by atoms with Gasteiger partial charge in [-0.25, -0.2) is 5.01 Å². The number of carbonyl (C=O) groups excluding carboxylic acids is 3. The minimum Gasteiger partial charge on any atom is -0.507 e. The number of rotatable bonds is 6. The molecule has 2 N–H and O–H groups in total. The van der Waals surface area contributed by atoms with Crippen molar-refractivity contribution >= 4 is 40.8 Å². The van der Waals surface area contributed by atoms with Gasteiger partial charge in [-0.15, -0.1) is 0 Å². The molecule has 10 heteroatoms. The normalized spacial score (nSPS) is 23.4. The van der Waals surface area contributed by atoms with Crippen LogP contribution < -0.4 is 4.90 Å². The van der Waals surface area contributed by atoms with Crippen molar-refractivity contribution in [2.24, 2.45) is 10.5 Å². The summed E-state index contributed by atoms with van der Waals surface area (Å²) in [4.78, 5) is 42.1. The van der Waals surface area contributed by atoms with E-state index in [2.05, 4.69) is 10.0 Å². The first-order chi connectivity index (χ1) is 21.3. The average molecular weight is 628 g/mol. The lowest BCUT2D eigenvalue weighted by Gasteiger charge is -2.35. The fourth-order valence-electron chi connectivity index (χ4n) is 6.70. The average Bonchev–Trinajstić information content (AvgIpc) is 3.50. The second-order valence-corrected chi connectivity index (χ2v) is 13.5. The highest BCUT2D eigenvalue weighted by atomic mass is 32.2. The number of aliphatic hydroxyl groups is 1. The molecule has 0 saturated heterocycles. The van der Waals surface area contributed by atoms with Crippen LogP contribution in [0.15, 0.2) is 67.8 Å². The van der Waals surface area contributed by atoms with E-state index in [0.29, 0.717) is 43.7 Å². The molecule has 2 heterocycles. The van der Waals surface area contributed by atoms with Crippen LogP contribution in [0.3, 0.4) is 0 Å². The Morgan fingerprint density at radius 1 is 1.07 bits per heavy atom. The van der Waals surface area contributed by atoms with Crippen LogP contribution in [-0.2, 0) is 32.0 Å². The molecule has 234 valence electrons. The number of Topliss-reactive ketones (excluding diaryl/α,β-unsaturated/α-hetero) is 1. The summed E-state index contributed by atoms with van der Waals surface area (Å²) >= 11 is 1.49. The van der Waals surface area contributed by atoms with Crippen molar-refractivity contribution in [3.05, 3.63) is 85.7 Å². The third-order valence-corrected chi connectivity index (χ3v) is 10.7. The van der Waals surface area contributed by atoms with E-state index < -0.39 is 17.1 Å². The number of nitrogens with zero attached hydrogens (tertiary/aromatic N) is 3. The number of esters is 1. The molecule has 2 aliphatic carbocycles. The van der Waals surface area contributed by atoms with Crippen molar-refractivity contribution in [2.45, 2.75) is 65.2 Å². The number of carbonyl (C=O) groups is 3. The lowest BCUT2D eigenvalue weighted by molar-refractivity contribution is -0.155. The van der Waals surface area contributed by atoms with Gasteiger partial charge in [0.2, 0.25) is 5.78 Å². The number of ketones is 1. The zero-order valence-corrected chi connectivity index (χ0v) is 27.2. The van der Waals surface area contributed by atoms with E-state index in [-0.39, 0.29) is 35.1 Å². The highest BCUT2D eigenvalue weighted by molar-refractivity contribution is 8.03. The molecule has 0 saturated carbocycles. The molecule has 9 nitrogen and oxygen atoms in total. The minimum atomic E-state index is -0.645. The summed E-state index contributed by atoms with van der Waals surface area (Å²) in [6, 6.07) is 7.89. The van der Waals surface area contributed by atoms with Crippen LogP contribution in [0.2, 0.25) is 0 Å². The van der Waals surface area contributed by atoms with Crippen LogP contribution in [0.25, 0.3) is 0 Å². The summed E-state index contributed by atoms with van der Waals surface area (Å²) in [6.07, 6.45) is 4.17. The van der Waals surface area contributed by atoms with E-state index in [9.17, 15) is 24.6 Å². The number of fused-ring (bicyclic) bond motifs is 2. The lowest BCUT2D eigenvalue weighted by Crippen LogP contribution is -2.37. The van der Waals surface area contributed by atoms with Crippen LogP contribution in [0.1, 0.15) is 54.5 Å². The first-order valence-corrected chi connectivity index (χ1v) is 16.0. The van der Waals surface area contributed by atoms with Gasteiger partial charge in [-0.3, -0.25) is 14.4 Å². The molecule has 45 heavy (non-hydrogen) atoms. The maximum absolute atomic E-state index is 13.4. The Balaban J connectivity index is 1.15. The number of benzene rings is 2. The van der Waals surface area contributed by atoms with Gasteiger partial charge in [0.25, 0.3) is 5.91 Å². The maximum atomic E-state index is 13.4. The van der Waals surface area contributed by atoms with Crippen molar-refractivity contribution in [1.82, 2.24) is 5.01 Å². The van der Waals surface area contributed by atoms with Crippen LogP contribution in [-0.4, -0.2) is 58.8 Å². The van der Waals surface area contributed by atoms with Gasteiger partial charge in [0.05, 0.1) is 45.2 Å². The van der Waals surface area contributed by atoms with Crippen molar-refractivity contribution in [2.75, 3.05) is 25.1 Å². The molecule has 0 radical (unpaired) electrons. The number of hydrazone groups is 1. The molecule has 0 fully saturated rings. The summed E-state index contributed by atoms with van der Waals surface area (Å²) in [5.41, 5.74) is 6.11. The molecule has 2 aromatic carbocycles. The zero-order chi connectivity index (χ0) is 32.4. The SMILES string of the molecule is CC1=NN(C)C(=O)/C1=C1\C(=O)C(/C=C2\Sc3ccccc3N2CCCOC(=O)C2(C)CCc3c(C)c(O)c(C)c(C)c3C2)=C1O. The third-order valence-electron chi connectivity index (χ3n) is 9.58. The standard InChI is InChI=1S/C35H37N3O6S/c1-18-19(2)30(39)20(3)22-12-13-35(5,17-24(18)22)34(43)44-15-9-14-38-25-10-7-8-11-26(25)45-27(38)16-23-31(40)29(32(23)41)28-21(4)36-37(6)33(28)42/h7-8,10-11,16,39-40H,9,12-15,17H2,1-6H3/b27-16-,29-28-. The first kappa shape index (κ1) is 30.7. The second-order valence-electron chi connectivity index (χ2n) is 12.5. The van der Waals surface area contributed by atoms with E-state index in [0.717, 1.165) is 48.4 Å². The molecule has 1 atom stereocenters. The molecule has 2 aliphatic heterocycles. The molecule has 0 spiro atoms. The van der Waals surface area contributed by atoms with E-state index in [1.54, 1.807) is 13.0 Å². The molecular formula is C35H37N3O6S. The monoisotopic (exact) mass is 627 g/mol. The Morgan fingerprint density at radius 2 is 1.80 bits per heavy atom. The zero-order valence-electron chi connectivity index (χ0n) is 26.4. The number of aliphatic hydroxyl groups excluding tert-OH is 1. The molecule has 2 aromatic rings. The summed E-state index contributed by atoms with van der Waals surface area (Å²) < 4.78 is 5.86. The third kappa shape index (κ3) is 4.95. The Morgan fingerprint density at radius 3 is 2.49 bits per heavy atom. The van der Waals surface area contributed by atoms with Crippen LogP contribution >= 0.6 is 11.8 Å². The number of likely N-dealkylation sites (N-methyl/N-ethyl adjacent to an activating group) is 1. The van der Waals surface area contributed by atoms with Crippen molar-refractivity contribution < 1.29 is 29.3 Å². The quantitative estimate of drug-likeness (QED) is 0.237. The van der Waals surface area contributed by atoms with Gasteiger partial charge in [-0.05, 0) is 106 Å². The topological polar surface area (TPSA) is 120 Å². The van der Waals surface area contributed by atoms with Crippen LogP contribution in [0.4, 0.5) is 5.69 Å². The predicted molar refractivity (Wildman–Crippen MR) is 173 cm³/mol. The number of anilines is 1. The van der Waals surface area contributed by atoms with Gasteiger partial charge in [0, 0.05) is 18.5 Å². The number of hydrogen-bond donors (Lipinski definition) is 2. The number of phenolic OH excluding ortho intramolecular Hbond substituents is 1. The molecule has 4 aliphatic rings. The molecule has 6 rings (SSSR count). The number of hydrogen-bond acceptors (Lipinski definition) is 9. The Hall–Kier alpha value is -4.31. The van der Waals surface area contributed by atoms with Gasteiger partial charge in [0.1, 0.15) is 11.5 Å². The largest absolute Gasteiger partial charge is 0.507 e. The Kier molecular flexibility index (Phi) is 7.67. The van der Waals surface area contributed by atoms with Crippen molar-refractivity contribution in [1.29, 1.82) is 0 Å². The number of allylic oxidation sites excluding steroid dienone is 3. The van der Waals surface area contributed by atoms with Gasteiger partial charge in [-0.1, -0.05) is 23.9 Å². The highest BCUT2D eigenvalue weighted by Crippen LogP contribution is 2.48. The molecule has 0 bridgehead atoms. The van der Waals surface area contributed by atoms with Gasteiger partial charge in [-0.2, -0.15) is 5.10 Å².